The van der Waals surface area contributed by atoms with Crippen molar-refractivity contribution in [1.29, 1.82) is 0 Å². The summed E-state index contributed by atoms with van der Waals surface area (Å²) >= 11 is 0. The normalized spacial score (nSPS) is 23.8. The van der Waals surface area contributed by atoms with E-state index >= 15 is 0 Å². The summed E-state index contributed by atoms with van der Waals surface area (Å²) in [6.45, 7) is 0.698. The van der Waals surface area contributed by atoms with Gasteiger partial charge in [0.25, 0.3) is 0 Å². The number of rotatable bonds is 1. The van der Waals surface area contributed by atoms with Gasteiger partial charge in [-0.25, -0.2) is 9.78 Å². The van der Waals surface area contributed by atoms with E-state index < -0.39 is 0 Å². The van der Waals surface area contributed by atoms with E-state index in [1.165, 1.54) is 0 Å². The molecule has 0 aromatic carbocycles. The zero-order valence-corrected chi connectivity index (χ0v) is 6.77. The zero-order chi connectivity index (χ0) is 8.23. The SMILES string of the molecule is c1ccc(C2CCCOO2)nc1. The van der Waals surface area contributed by atoms with Crippen LogP contribution >= 0.6 is 0 Å². The molecule has 1 aliphatic rings. The van der Waals surface area contributed by atoms with Gasteiger partial charge in [-0.05, 0) is 25.0 Å². The molecule has 12 heavy (non-hydrogen) atoms. The van der Waals surface area contributed by atoms with Crippen molar-refractivity contribution in [3.8, 4) is 0 Å². The van der Waals surface area contributed by atoms with Crippen LogP contribution in [0.2, 0.25) is 0 Å². The Morgan fingerprint density at radius 3 is 3.08 bits per heavy atom. The first-order valence-corrected chi connectivity index (χ1v) is 4.16. The van der Waals surface area contributed by atoms with Gasteiger partial charge >= 0.3 is 0 Å². The van der Waals surface area contributed by atoms with E-state index in [1.807, 2.05) is 18.2 Å². The van der Waals surface area contributed by atoms with Crippen LogP contribution in [0.4, 0.5) is 0 Å². The minimum absolute atomic E-state index is 0.0277. The summed E-state index contributed by atoms with van der Waals surface area (Å²) in [6.07, 6.45) is 3.84. The Kier molecular flexibility index (Phi) is 2.34. The lowest BCUT2D eigenvalue weighted by Crippen LogP contribution is -2.13. The van der Waals surface area contributed by atoms with E-state index in [1.54, 1.807) is 6.20 Å². The number of aromatic nitrogens is 1. The van der Waals surface area contributed by atoms with Crippen molar-refractivity contribution in [2.45, 2.75) is 18.9 Å². The van der Waals surface area contributed by atoms with Gasteiger partial charge in [-0.3, -0.25) is 4.98 Å². The average Bonchev–Trinajstić information content (AvgIpc) is 2.21. The molecule has 1 atom stereocenters. The van der Waals surface area contributed by atoms with E-state index in [-0.39, 0.29) is 6.10 Å². The third-order valence-electron chi connectivity index (χ3n) is 1.90. The summed E-state index contributed by atoms with van der Waals surface area (Å²) in [5, 5.41) is 0. The van der Waals surface area contributed by atoms with Crippen molar-refractivity contribution < 1.29 is 9.78 Å². The molecule has 3 nitrogen and oxygen atoms in total. The van der Waals surface area contributed by atoms with E-state index in [4.69, 9.17) is 9.78 Å². The smallest absolute Gasteiger partial charge is 0.135 e. The topological polar surface area (TPSA) is 31.4 Å². The average molecular weight is 165 g/mol. The number of nitrogens with zero attached hydrogens (tertiary/aromatic N) is 1. The van der Waals surface area contributed by atoms with E-state index in [0.29, 0.717) is 6.61 Å². The molecule has 1 aromatic rings. The van der Waals surface area contributed by atoms with Gasteiger partial charge in [-0.2, -0.15) is 0 Å². The van der Waals surface area contributed by atoms with Crippen LogP contribution in [0.15, 0.2) is 24.4 Å². The minimum atomic E-state index is 0.0277. The van der Waals surface area contributed by atoms with Gasteiger partial charge in [0.2, 0.25) is 0 Å². The first kappa shape index (κ1) is 7.71. The summed E-state index contributed by atoms with van der Waals surface area (Å²) in [4.78, 5) is 14.2. The molecule has 0 amide bonds. The summed E-state index contributed by atoms with van der Waals surface area (Å²) in [7, 11) is 0. The van der Waals surface area contributed by atoms with Gasteiger partial charge in [-0.15, -0.1) is 0 Å². The molecule has 1 unspecified atom stereocenters. The first-order chi connectivity index (χ1) is 5.97. The fourth-order valence-electron chi connectivity index (χ4n) is 1.27. The standard InChI is InChI=1S/C9H11NO2/c1-2-6-10-8(4-1)9-5-3-7-11-12-9/h1-2,4,6,9H,3,5,7H2. The number of pyridine rings is 1. The maximum atomic E-state index is 5.10. The molecule has 1 fully saturated rings. The summed E-state index contributed by atoms with van der Waals surface area (Å²) in [6, 6.07) is 5.81. The van der Waals surface area contributed by atoms with Crippen molar-refractivity contribution >= 4 is 0 Å². The molecule has 0 saturated carbocycles. The van der Waals surface area contributed by atoms with E-state index in [0.717, 1.165) is 18.5 Å². The molecule has 1 aromatic heterocycles. The van der Waals surface area contributed by atoms with Gasteiger partial charge in [0.15, 0.2) is 0 Å². The third kappa shape index (κ3) is 1.62. The van der Waals surface area contributed by atoms with Crippen molar-refractivity contribution in [2.75, 3.05) is 6.61 Å². The second-order valence-electron chi connectivity index (χ2n) is 2.80. The molecular formula is C9H11NO2. The van der Waals surface area contributed by atoms with Crippen molar-refractivity contribution in [1.82, 2.24) is 4.98 Å². The predicted octanol–water partition coefficient (Wildman–Crippen LogP) is 1.86. The van der Waals surface area contributed by atoms with Gasteiger partial charge in [0.05, 0.1) is 12.3 Å². The van der Waals surface area contributed by atoms with Gasteiger partial charge in [0, 0.05) is 6.20 Å². The lowest BCUT2D eigenvalue weighted by atomic mass is 10.1. The van der Waals surface area contributed by atoms with Crippen LogP contribution in [-0.4, -0.2) is 11.6 Å². The fourth-order valence-corrected chi connectivity index (χ4v) is 1.27. The predicted molar refractivity (Wildman–Crippen MR) is 43.2 cm³/mol. The Morgan fingerprint density at radius 1 is 1.42 bits per heavy atom. The molecular weight excluding hydrogens is 154 g/mol. The molecule has 1 saturated heterocycles. The highest BCUT2D eigenvalue weighted by Crippen LogP contribution is 2.24. The van der Waals surface area contributed by atoms with Gasteiger partial charge < -0.3 is 0 Å². The minimum Gasteiger partial charge on any atom is -0.258 e. The lowest BCUT2D eigenvalue weighted by molar-refractivity contribution is -0.348. The Hall–Kier alpha value is -0.930. The maximum absolute atomic E-state index is 5.10. The molecule has 0 spiro atoms. The van der Waals surface area contributed by atoms with Crippen LogP contribution in [0.1, 0.15) is 24.6 Å². The zero-order valence-electron chi connectivity index (χ0n) is 6.77. The Labute approximate surface area is 71.3 Å². The highest BCUT2D eigenvalue weighted by Gasteiger charge is 2.17. The van der Waals surface area contributed by atoms with Crippen molar-refractivity contribution in [3.05, 3.63) is 30.1 Å². The molecule has 0 bridgehead atoms. The summed E-state index contributed by atoms with van der Waals surface area (Å²) < 4.78 is 0. The molecule has 0 N–H and O–H groups in total. The highest BCUT2D eigenvalue weighted by molar-refractivity contribution is 5.06. The van der Waals surface area contributed by atoms with E-state index in [2.05, 4.69) is 4.98 Å². The van der Waals surface area contributed by atoms with Crippen molar-refractivity contribution in [2.24, 2.45) is 0 Å². The second-order valence-corrected chi connectivity index (χ2v) is 2.80. The van der Waals surface area contributed by atoms with Gasteiger partial charge in [0.1, 0.15) is 6.10 Å². The third-order valence-corrected chi connectivity index (χ3v) is 1.90. The molecule has 0 aliphatic carbocycles. The van der Waals surface area contributed by atoms with E-state index in [9.17, 15) is 0 Å². The Morgan fingerprint density at radius 2 is 2.42 bits per heavy atom. The Bertz CT molecular complexity index is 232. The number of hydrogen-bond acceptors (Lipinski definition) is 3. The van der Waals surface area contributed by atoms with Gasteiger partial charge in [-0.1, -0.05) is 6.07 Å². The lowest BCUT2D eigenvalue weighted by Gasteiger charge is -2.20. The maximum Gasteiger partial charge on any atom is 0.135 e. The largest absolute Gasteiger partial charge is 0.258 e. The molecule has 1 aliphatic heterocycles. The van der Waals surface area contributed by atoms with Crippen LogP contribution in [0.25, 0.3) is 0 Å². The summed E-state index contributed by atoms with van der Waals surface area (Å²) in [5.74, 6) is 0. The number of hydrogen-bond donors (Lipinski definition) is 0. The molecule has 0 radical (unpaired) electrons. The molecule has 2 rings (SSSR count). The fraction of sp³-hybridized carbons (Fsp3) is 0.444. The van der Waals surface area contributed by atoms with Crippen LogP contribution < -0.4 is 0 Å². The summed E-state index contributed by atoms with van der Waals surface area (Å²) in [5.41, 5.74) is 0.956. The molecule has 64 valence electrons. The molecule has 3 heteroatoms. The quantitative estimate of drug-likeness (QED) is 0.595. The Balaban J connectivity index is 2.08. The van der Waals surface area contributed by atoms with Crippen LogP contribution in [0.3, 0.4) is 0 Å². The van der Waals surface area contributed by atoms with Crippen molar-refractivity contribution in [3.63, 3.8) is 0 Å². The highest BCUT2D eigenvalue weighted by atomic mass is 17.2. The second kappa shape index (κ2) is 3.65. The van der Waals surface area contributed by atoms with Crippen LogP contribution in [-0.2, 0) is 9.78 Å². The monoisotopic (exact) mass is 165 g/mol. The van der Waals surface area contributed by atoms with Crippen LogP contribution in [0.5, 0.6) is 0 Å². The molecule has 2 heterocycles. The first-order valence-electron chi connectivity index (χ1n) is 4.16. The van der Waals surface area contributed by atoms with Crippen LogP contribution in [0, 0.1) is 0 Å².